The third-order valence-corrected chi connectivity index (χ3v) is 5.44. The zero-order valence-corrected chi connectivity index (χ0v) is 16.2. The van der Waals surface area contributed by atoms with Crippen molar-refractivity contribution in [1.29, 1.82) is 0 Å². The fraction of sp³-hybridized carbons (Fsp3) is 1.00. The van der Waals surface area contributed by atoms with Gasteiger partial charge in [0.1, 0.15) is 0 Å². The van der Waals surface area contributed by atoms with Crippen molar-refractivity contribution in [3.8, 4) is 0 Å². The van der Waals surface area contributed by atoms with E-state index in [2.05, 4.69) is 53.4 Å². The zero-order chi connectivity index (χ0) is 16.4. The van der Waals surface area contributed by atoms with Crippen LogP contribution in [0.1, 0.15) is 106 Å². The molecule has 0 N–H and O–H groups in total. The lowest BCUT2D eigenvalue weighted by Crippen LogP contribution is -2.48. The van der Waals surface area contributed by atoms with E-state index >= 15 is 0 Å². The van der Waals surface area contributed by atoms with E-state index in [1.54, 1.807) is 0 Å². The van der Waals surface area contributed by atoms with Crippen molar-refractivity contribution in [2.75, 3.05) is 13.1 Å². The molecule has 0 aliphatic carbocycles. The molecule has 1 unspecified atom stereocenters. The van der Waals surface area contributed by atoms with Crippen LogP contribution in [-0.4, -0.2) is 23.5 Å². The topological polar surface area (TPSA) is 3.24 Å². The molecule has 0 amide bonds. The van der Waals surface area contributed by atoms with Crippen LogP contribution < -0.4 is 0 Å². The van der Waals surface area contributed by atoms with Crippen molar-refractivity contribution in [3.05, 3.63) is 0 Å². The van der Waals surface area contributed by atoms with Crippen LogP contribution in [0.3, 0.4) is 0 Å². The van der Waals surface area contributed by atoms with Gasteiger partial charge in [-0.25, -0.2) is 0 Å². The first-order valence-electron chi connectivity index (χ1n) is 9.60. The summed E-state index contributed by atoms with van der Waals surface area (Å²) in [5.41, 5.74) is 0.845. The molecule has 0 radical (unpaired) electrons. The molecule has 0 saturated heterocycles. The fourth-order valence-corrected chi connectivity index (χ4v) is 3.30. The molecule has 0 aromatic heterocycles. The molecule has 1 nitrogen and oxygen atoms in total. The van der Waals surface area contributed by atoms with Crippen molar-refractivity contribution in [3.63, 3.8) is 0 Å². The largest absolute Gasteiger partial charge is 0.298 e. The maximum atomic E-state index is 2.72. The summed E-state index contributed by atoms with van der Waals surface area (Å²) < 4.78 is 0. The molecular formula is C20H43N. The van der Waals surface area contributed by atoms with Gasteiger partial charge in [-0.05, 0) is 45.1 Å². The van der Waals surface area contributed by atoms with Gasteiger partial charge in [-0.1, -0.05) is 73.1 Å². The second-order valence-corrected chi connectivity index (χ2v) is 7.91. The van der Waals surface area contributed by atoms with Crippen molar-refractivity contribution in [2.45, 2.75) is 112 Å². The third kappa shape index (κ3) is 8.24. The summed E-state index contributed by atoms with van der Waals surface area (Å²) in [6.45, 7) is 19.1. The average molecular weight is 298 g/mol. The van der Waals surface area contributed by atoms with E-state index in [-0.39, 0.29) is 0 Å². The van der Waals surface area contributed by atoms with Crippen LogP contribution in [0, 0.1) is 5.41 Å². The molecule has 0 heterocycles. The Labute approximate surface area is 135 Å². The number of hydrogen-bond donors (Lipinski definition) is 0. The van der Waals surface area contributed by atoms with Gasteiger partial charge < -0.3 is 0 Å². The minimum atomic E-state index is 0.339. The molecule has 1 atom stereocenters. The highest BCUT2D eigenvalue weighted by Crippen LogP contribution is 2.34. The van der Waals surface area contributed by atoms with Crippen LogP contribution in [0.5, 0.6) is 0 Å². The number of unbranched alkanes of at least 4 members (excludes halogenated alkanes) is 4. The normalized spacial score (nSPS) is 15.4. The first-order chi connectivity index (χ1) is 9.85. The zero-order valence-electron chi connectivity index (χ0n) is 16.2. The van der Waals surface area contributed by atoms with Crippen LogP contribution in [0.25, 0.3) is 0 Å². The Balaban J connectivity index is 4.69. The Morgan fingerprint density at radius 2 is 1.29 bits per heavy atom. The summed E-state index contributed by atoms with van der Waals surface area (Å²) in [6.07, 6.45) is 12.3. The predicted octanol–water partition coefficient (Wildman–Crippen LogP) is 6.66. The van der Waals surface area contributed by atoms with Gasteiger partial charge in [0, 0.05) is 12.1 Å². The summed E-state index contributed by atoms with van der Waals surface area (Å²) in [5.74, 6) is 0. The lowest BCUT2D eigenvalue weighted by atomic mass is 9.78. The first kappa shape index (κ1) is 21.0. The summed E-state index contributed by atoms with van der Waals surface area (Å²) in [4.78, 5) is 2.72. The first-order valence-corrected chi connectivity index (χ1v) is 9.60. The lowest BCUT2D eigenvalue weighted by molar-refractivity contribution is 0.0571. The van der Waals surface area contributed by atoms with Gasteiger partial charge in [0.05, 0.1) is 0 Å². The minimum Gasteiger partial charge on any atom is -0.298 e. The third-order valence-electron chi connectivity index (χ3n) is 5.44. The predicted molar refractivity (Wildman–Crippen MR) is 98.0 cm³/mol. The molecule has 0 aliphatic rings. The molecule has 0 rings (SSSR count). The van der Waals surface area contributed by atoms with Crippen LogP contribution in [-0.2, 0) is 0 Å². The molecule has 0 aliphatic heterocycles. The van der Waals surface area contributed by atoms with E-state index in [0.717, 1.165) is 0 Å². The summed E-state index contributed by atoms with van der Waals surface area (Å²) in [5, 5.41) is 0. The molecule has 0 fully saturated rings. The van der Waals surface area contributed by atoms with Crippen molar-refractivity contribution >= 4 is 0 Å². The summed E-state index contributed by atoms with van der Waals surface area (Å²) in [6, 6.07) is 0. The van der Waals surface area contributed by atoms with E-state index in [1.165, 1.54) is 70.9 Å². The molecule has 0 saturated carbocycles. The van der Waals surface area contributed by atoms with E-state index < -0.39 is 0 Å². The minimum absolute atomic E-state index is 0.339. The van der Waals surface area contributed by atoms with Crippen molar-refractivity contribution in [1.82, 2.24) is 4.90 Å². The van der Waals surface area contributed by atoms with Gasteiger partial charge in [-0.15, -0.1) is 0 Å². The Morgan fingerprint density at radius 1 is 0.714 bits per heavy atom. The molecule has 128 valence electrons. The molecule has 21 heavy (non-hydrogen) atoms. The standard InChI is InChI=1S/C20H43N/c1-8-12-14-15-17-20(7,16-13-9-2)18-21(11-4)19(5,6)10-3/h8-18H2,1-7H3. The highest BCUT2D eigenvalue weighted by molar-refractivity contribution is 4.86. The van der Waals surface area contributed by atoms with Gasteiger partial charge in [0.15, 0.2) is 0 Å². The maximum absolute atomic E-state index is 2.72. The van der Waals surface area contributed by atoms with Gasteiger partial charge in [-0.2, -0.15) is 0 Å². The van der Waals surface area contributed by atoms with Crippen LogP contribution >= 0.6 is 0 Å². The fourth-order valence-electron chi connectivity index (χ4n) is 3.30. The number of hydrogen-bond acceptors (Lipinski definition) is 1. The van der Waals surface area contributed by atoms with Gasteiger partial charge in [0.2, 0.25) is 0 Å². The smallest absolute Gasteiger partial charge is 0.0150 e. The lowest BCUT2D eigenvalue weighted by Gasteiger charge is -2.44. The van der Waals surface area contributed by atoms with Gasteiger partial charge in [0.25, 0.3) is 0 Å². The number of rotatable bonds is 13. The second kappa shape index (κ2) is 10.6. The SMILES string of the molecule is CCCCCCC(C)(CCCC)CN(CC)C(C)(C)CC. The Kier molecular flexibility index (Phi) is 10.6. The molecule has 0 spiro atoms. The van der Waals surface area contributed by atoms with Crippen molar-refractivity contribution < 1.29 is 0 Å². The van der Waals surface area contributed by atoms with Gasteiger partial charge in [-0.3, -0.25) is 4.90 Å². The molecule has 1 heteroatoms. The average Bonchev–Trinajstić information content (AvgIpc) is 2.47. The molecule has 0 aromatic carbocycles. The van der Waals surface area contributed by atoms with E-state index in [1.807, 2.05) is 0 Å². The molecule has 0 bridgehead atoms. The highest BCUT2D eigenvalue weighted by atomic mass is 15.2. The van der Waals surface area contributed by atoms with E-state index in [0.29, 0.717) is 11.0 Å². The van der Waals surface area contributed by atoms with Crippen LogP contribution in [0.4, 0.5) is 0 Å². The van der Waals surface area contributed by atoms with Crippen LogP contribution in [0.15, 0.2) is 0 Å². The van der Waals surface area contributed by atoms with E-state index in [4.69, 9.17) is 0 Å². The second-order valence-electron chi connectivity index (χ2n) is 7.91. The number of nitrogens with zero attached hydrogens (tertiary/aromatic N) is 1. The summed E-state index contributed by atoms with van der Waals surface area (Å²) in [7, 11) is 0. The van der Waals surface area contributed by atoms with Crippen LogP contribution in [0.2, 0.25) is 0 Å². The van der Waals surface area contributed by atoms with Crippen molar-refractivity contribution in [2.24, 2.45) is 5.41 Å². The summed E-state index contributed by atoms with van der Waals surface area (Å²) >= 11 is 0. The Bertz CT molecular complexity index is 246. The molecule has 0 aromatic rings. The van der Waals surface area contributed by atoms with E-state index in [9.17, 15) is 0 Å². The Morgan fingerprint density at radius 3 is 1.76 bits per heavy atom. The monoisotopic (exact) mass is 297 g/mol. The maximum Gasteiger partial charge on any atom is 0.0150 e. The Hall–Kier alpha value is -0.0400. The molecular weight excluding hydrogens is 254 g/mol. The van der Waals surface area contributed by atoms with Gasteiger partial charge >= 0.3 is 0 Å². The quantitative estimate of drug-likeness (QED) is 0.343. The highest BCUT2D eigenvalue weighted by Gasteiger charge is 2.31.